The Labute approximate surface area is 120 Å². The highest BCUT2D eigenvalue weighted by atomic mass is 35.5. The van der Waals surface area contributed by atoms with E-state index in [1.54, 1.807) is 6.92 Å². The van der Waals surface area contributed by atoms with Crippen molar-refractivity contribution >= 4 is 23.2 Å². The Morgan fingerprint density at radius 1 is 1.60 bits per heavy atom. The van der Waals surface area contributed by atoms with E-state index in [-0.39, 0.29) is 28.7 Å². The molecule has 0 saturated heterocycles. The predicted octanol–water partition coefficient (Wildman–Crippen LogP) is 2.14. The molecule has 1 aliphatic carbocycles. The number of nitrogens with one attached hydrogen (secondary N) is 1. The van der Waals surface area contributed by atoms with Crippen LogP contribution in [0.3, 0.4) is 0 Å². The van der Waals surface area contributed by atoms with E-state index in [1.165, 1.54) is 18.2 Å². The molecular weight excluding hydrogens is 284 g/mol. The first kappa shape index (κ1) is 14.7. The van der Waals surface area contributed by atoms with Crippen LogP contribution in [0, 0.1) is 16.0 Å². The number of aliphatic hydroxyl groups is 1. The van der Waals surface area contributed by atoms with Gasteiger partial charge in [-0.05, 0) is 37.8 Å². The maximum absolute atomic E-state index is 12.0. The number of hydrogen-bond donors (Lipinski definition) is 2. The number of rotatable bonds is 5. The second-order valence-corrected chi connectivity index (χ2v) is 5.67. The first-order valence-corrected chi connectivity index (χ1v) is 6.63. The summed E-state index contributed by atoms with van der Waals surface area (Å²) in [5, 5.41) is 23.8. The summed E-state index contributed by atoms with van der Waals surface area (Å²) in [6.07, 6.45) is 1.86. The van der Waals surface area contributed by atoms with Crippen molar-refractivity contribution in [3.63, 3.8) is 0 Å². The van der Waals surface area contributed by atoms with Gasteiger partial charge in [-0.3, -0.25) is 14.9 Å². The summed E-state index contributed by atoms with van der Waals surface area (Å²) < 4.78 is 0. The molecule has 0 aliphatic heterocycles. The summed E-state index contributed by atoms with van der Waals surface area (Å²) in [6, 6.07) is 3.80. The van der Waals surface area contributed by atoms with Crippen LogP contribution in [0.1, 0.15) is 30.1 Å². The van der Waals surface area contributed by atoms with Gasteiger partial charge in [-0.15, -0.1) is 0 Å². The van der Waals surface area contributed by atoms with Crippen molar-refractivity contribution in [3.05, 3.63) is 38.9 Å². The Balaban J connectivity index is 2.12. The quantitative estimate of drug-likeness (QED) is 0.643. The fourth-order valence-electron chi connectivity index (χ4n) is 2.05. The van der Waals surface area contributed by atoms with Crippen molar-refractivity contribution in [1.29, 1.82) is 0 Å². The molecule has 0 heterocycles. The van der Waals surface area contributed by atoms with Gasteiger partial charge in [-0.1, -0.05) is 11.6 Å². The second kappa shape index (κ2) is 5.38. The van der Waals surface area contributed by atoms with Crippen LogP contribution in [0.5, 0.6) is 0 Å². The summed E-state index contributed by atoms with van der Waals surface area (Å²) in [6.45, 7) is 1.71. The zero-order valence-electron chi connectivity index (χ0n) is 10.9. The molecule has 108 valence electrons. The normalized spacial score (nSPS) is 17.4. The smallest absolute Gasteiger partial charge is 0.282 e. The topological polar surface area (TPSA) is 92.5 Å². The fraction of sp³-hybridized carbons (Fsp3) is 0.462. The van der Waals surface area contributed by atoms with Crippen LogP contribution in [0.2, 0.25) is 5.02 Å². The van der Waals surface area contributed by atoms with Gasteiger partial charge in [0, 0.05) is 17.6 Å². The minimum Gasteiger partial charge on any atom is -0.388 e. The average molecular weight is 299 g/mol. The Morgan fingerprint density at radius 2 is 2.25 bits per heavy atom. The highest BCUT2D eigenvalue weighted by Gasteiger charge is 2.40. The van der Waals surface area contributed by atoms with Crippen LogP contribution in [0.15, 0.2) is 18.2 Å². The Morgan fingerprint density at radius 3 is 2.80 bits per heavy atom. The maximum Gasteiger partial charge on any atom is 0.282 e. The van der Waals surface area contributed by atoms with E-state index in [4.69, 9.17) is 11.6 Å². The third-order valence-corrected chi connectivity index (χ3v) is 3.70. The van der Waals surface area contributed by atoms with Crippen LogP contribution < -0.4 is 5.32 Å². The van der Waals surface area contributed by atoms with Gasteiger partial charge in [0.15, 0.2) is 0 Å². The minimum absolute atomic E-state index is 0.0557. The lowest BCUT2D eigenvalue weighted by Gasteiger charge is -2.23. The zero-order chi connectivity index (χ0) is 14.9. The number of benzene rings is 1. The first-order chi connectivity index (χ1) is 9.31. The highest BCUT2D eigenvalue weighted by Crippen LogP contribution is 2.39. The van der Waals surface area contributed by atoms with Crippen molar-refractivity contribution in [3.8, 4) is 0 Å². The first-order valence-electron chi connectivity index (χ1n) is 6.26. The summed E-state index contributed by atoms with van der Waals surface area (Å²) in [5.41, 5.74) is -1.39. The van der Waals surface area contributed by atoms with Crippen LogP contribution in [-0.4, -0.2) is 28.1 Å². The molecule has 1 aliphatic rings. The van der Waals surface area contributed by atoms with E-state index in [0.717, 1.165) is 12.8 Å². The maximum atomic E-state index is 12.0. The molecule has 1 aromatic carbocycles. The van der Waals surface area contributed by atoms with Gasteiger partial charge >= 0.3 is 0 Å². The van der Waals surface area contributed by atoms with Gasteiger partial charge in [0.05, 0.1) is 10.5 Å². The molecule has 1 saturated carbocycles. The molecule has 1 amide bonds. The molecule has 1 unspecified atom stereocenters. The molecule has 1 atom stereocenters. The molecule has 20 heavy (non-hydrogen) atoms. The summed E-state index contributed by atoms with van der Waals surface area (Å²) in [5.74, 6) is -0.433. The molecule has 1 fully saturated rings. The number of hydrogen-bond acceptors (Lipinski definition) is 4. The van der Waals surface area contributed by atoms with Gasteiger partial charge in [0.2, 0.25) is 0 Å². The number of nitro benzene ring substituents is 1. The van der Waals surface area contributed by atoms with Crippen molar-refractivity contribution in [2.45, 2.75) is 25.4 Å². The van der Waals surface area contributed by atoms with E-state index < -0.39 is 16.4 Å². The van der Waals surface area contributed by atoms with Crippen LogP contribution in [0.25, 0.3) is 0 Å². The van der Waals surface area contributed by atoms with Crippen molar-refractivity contribution < 1.29 is 14.8 Å². The third kappa shape index (κ3) is 3.26. The van der Waals surface area contributed by atoms with Gasteiger partial charge < -0.3 is 10.4 Å². The van der Waals surface area contributed by atoms with E-state index >= 15 is 0 Å². The number of amides is 1. The lowest BCUT2D eigenvalue weighted by atomic mass is 10.0. The van der Waals surface area contributed by atoms with Crippen molar-refractivity contribution in [2.24, 2.45) is 5.92 Å². The summed E-state index contributed by atoms with van der Waals surface area (Å²) in [7, 11) is 0. The molecule has 7 heteroatoms. The molecule has 2 N–H and O–H groups in total. The molecule has 2 rings (SSSR count). The summed E-state index contributed by atoms with van der Waals surface area (Å²) >= 11 is 5.76. The van der Waals surface area contributed by atoms with Gasteiger partial charge in [0.25, 0.3) is 11.6 Å². The van der Waals surface area contributed by atoms with Crippen molar-refractivity contribution in [2.75, 3.05) is 6.54 Å². The van der Waals surface area contributed by atoms with E-state index in [1.807, 2.05) is 0 Å². The number of nitro groups is 1. The standard InChI is InChI=1S/C13H15ClN2O4/c1-13(18,8-2-3-8)7-15-12(17)10-6-9(14)4-5-11(10)16(19)20/h4-6,8,18H,2-3,7H2,1H3,(H,15,17). The molecule has 0 spiro atoms. The number of nitrogens with zero attached hydrogens (tertiary/aromatic N) is 1. The lowest BCUT2D eigenvalue weighted by molar-refractivity contribution is -0.385. The second-order valence-electron chi connectivity index (χ2n) is 5.23. The summed E-state index contributed by atoms with van der Waals surface area (Å²) in [4.78, 5) is 22.3. The van der Waals surface area contributed by atoms with Crippen LogP contribution in [-0.2, 0) is 0 Å². The Hall–Kier alpha value is -1.66. The highest BCUT2D eigenvalue weighted by molar-refractivity contribution is 6.31. The average Bonchev–Trinajstić information content (AvgIpc) is 3.20. The Kier molecular flexibility index (Phi) is 3.96. The molecule has 0 bridgehead atoms. The lowest BCUT2D eigenvalue weighted by Crippen LogP contribution is -2.42. The molecular formula is C13H15ClN2O4. The van der Waals surface area contributed by atoms with E-state index in [2.05, 4.69) is 5.32 Å². The number of carbonyl (C=O) groups excluding carboxylic acids is 1. The predicted molar refractivity (Wildman–Crippen MR) is 73.8 cm³/mol. The molecule has 0 aromatic heterocycles. The van der Waals surface area contributed by atoms with E-state index in [0.29, 0.717) is 0 Å². The fourth-order valence-corrected chi connectivity index (χ4v) is 2.23. The number of halogens is 1. The van der Waals surface area contributed by atoms with E-state index in [9.17, 15) is 20.0 Å². The molecule has 6 nitrogen and oxygen atoms in total. The number of carbonyl (C=O) groups is 1. The SMILES string of the molecule is CC(O)(CNC(=O)c1cc(Cl)ccc1[N+](=O)[O-])C1CC1. The molecule has 1 aromatic rings. The monoisotopic (exact) mass is 298 g/mol. The van der Waals surface area contributed by atoms with Crippen LogP contribution in [0.4, 0.5) is 5.69 Å². The molecule has 0 radical (unpaired) electrons. The van der Waals surface area contributed by atoms with Crippen molar-refractivity contribution in [1.82, 2.24) is 5.32 Å². The van der Waals surface area contributed by atoms with Crippen LogP contribution >= 0.6 is 11.6 Å². The largest absolute Gasteiger partial charge is 0.388 e. The zero-order valence-corrected chi connectivity index (χ0v) is 11.7. The van der Waals surface area contributed by atoms with Gasteiger partial charge in [-0.25, -0.2) is 0 Å². The minimum atomic E-state index is -0.983. The Bertz CT molecular complexity index is 555. The van der Waals surface area contributed by atoms with Gasteiger partial charge in [-0.2, -0.15) is 0 Å². The van der Waals surface area contributed by atoms with Gasteiger partial charge in [0.1, 0.15) is 5.56 Å². The third-order valence-electron chi connectivity index (χ3n) is 3.46.